The number of rotatable bonds is 9. The highest BCUT2D eigenvalue weighted by Gasteiger charge is 2.20. The van der Waals surface area contributed by atoms with E-state index in [4.69, 9.17) is 5.21 Å². The first kappa shape index (κ1) is 18.2. The lowest BCUT2D eigenvalue weighted by Crippen LogP contribution is -2.40. The lowest BCUT2D eigenvalue weighted by Gasteiger charge is -2.21. The summed E-state index contributed by atoms with van der Waals surface area (Å²) in [6.45, 7) is 6.47. The average Bonchev–Trinajstić information content (AvgIpc) is 2.96. The minimum absolute atomic E-state index is 0.175. The van der Waals surface area contributed by atoms with Crippen LogP contribution >= 0.6 is 0 Å². The Balaban J connectivity index is 2.76. The zero-order chi connectivity index (χ0) is 16.5. The largest absolute Gasteiger partial charge is 0.338 e. The number of aryl methyl sites for hydroxylation is 1. The molecule has 0 aliphatic rings. The predicted molar refractivity (Wildman–Crippen MR) is 82.5 cm³/mol. The van der Waals surface area contributed by atoms with E-state index in [2.05, 4.69) is 16.9 Å². The molecule has 7 heteroatoms. The molecule has 1 aromatic heterocycles. The number of imidazole rings is 1. The molecule has 0 aromatic carbocycles. The van der Waals surface area contributed by atoms with E-state index in [1.54, 1.807) is 5.48 Å². The maximum Gasteiger partial charge on any atom is 0.272 e. The quantitative estimate of drug-likeness (QED) is 0.478. The Labute approximate surface area is 131 Å². The Morgan fingerprint density at radius 2 is 2.18 bits per heavy atom. The van der Waals surface area contributed by atoms with Crippen LogP contribution in [-0.4, -0.2) is 45.0 Å². The molecule has 124 valence electrons. The normalized spacial score (nSPS) is 10.8. The fourth-order valence-corrected chi connectivity index (χ4v) is 1.99. The molecule has 0 spiro atoms. The number of aromatic amines is 1. The molecule has 0 saturated carbocycles. The molecule has 0 aliphatic heterocycles. The topological polar surface area (TPSA) is 98.3 Å². The molecule has 3 N–H and O–H groups in total. The van der Waals surface area contributed by atoms with Crippen molar-refractivity contribution >= 4 is 11.8 Å². The van der Waals surface area contributed by atoms with Crippen molar-refractivity contribution in [2.45, 2.75) is 46.5 Å². The Morgan fingerprint density at radius 3 is 2.77 bits per heavy atom. The van der Waals surface area contributed by atoms with Crippen molar-refractivity contribution in [2.24, 2.45) is 5.92 Å². The molecule has 0 saturated heterocycles. The smallest absolute Gasteiger partial charge is 0.272 e. The maximum atomic E-state index is 12.5. The van der Waals surface area contributed by atoms with E-state index in [1.807, 2.05) is 13.8 Å². The standard InChI is InChI=1S/C15H26N4O3/c1-4-5-6-13-16-9-12(17-13)15(21)19(8-7-11(2)3)10-14(20)18-22/h9,11,22H,4-8,10H2,1-3H3,(H,16,17)(H,18,20). The number of carbonyl (C=O) groups excluding carboxylic acids is 2. The number of carbonyl (C=O) groups is 2. The SMILES string of the molecule is CCCCc1ncc(C(=O)N(CCC(C)C)CC(=O)NO)[nH]1. The fourth-order valence-electron chi connectivity index (χ4n) is 1.99. The van der Waals surface area contributed by atoms with Gasteiger partial charge in [0, 0.05) is 13.0 Å². The van der Waals surface area contributed by atoms with Crippen molar-refractivity contribution in [1.82, 2.24) is 20.3 Å². The minimum atomic E-state index is -0.608. The van der Waals surface area contributed by atoms with Crippen molar-refractivity contribution in [3.05, 3.63) is 17.7 Å². The van der Waals surface area contributed by atoms with Crippen LogP contribution in [0, 0.1) is 5.92 Å². The summed E-state index contributed by atoms with van der Waals surface area (Å²) in [5.74, 6) is 0.303. The third-order valence-electron chi connectivity index (χ3n) is 3.35. The summed E-state index contributed by atoms with van der Waals surface area (Å²) >= 11 is 0. The van der Waals surface area contributed by atoms with Crippen LogP contribution in [0.1, 0.15) is 56.3 Å². The van der Waals surface area contributed by atoms with Crippen LogP contribution in [0.3, 0.4) is 0 Å². The van der Waals surface area contributed by atoms with Gasteiger partial charge in [0.25, 0.3) is 11.8 Å². The van der Waals surface area contributed by atoms with Crippen molar-refractivity contribution in [1.29, 1.82) is 0 Å². The van der Waals surface area contributed by atoms with Gasteiger partial charge in [-0.2, -0.15) is 0 Å². The van der Waals surface area contributed by atoms with Gasteiger partial charge in [-0.1, -0.05) is 27.2 Å². The molecule has 0 atom stereocenters. The summed E-state index contributed by atoms with van der Waals surface area (Å²) in [6.07, 6.45) is 5.15. The highest BCUT2D eigenvalue weighted by molar-refractivity contribution is 5.94. The number of unbranched alkanes of at least 4 members (excludes halogenated alkanes) is 1. The Morgan fingerprint density at radius 1 is 1.45 bits per heavy atom. The number of hydroxylamine groups is 1. The Kier molecular flexibility index (Phi) is 7.59. The van der Waals surface area contributed by atoms with Crippen LogP contribution in [0.5, 0.6) is 0 Å². The molecule has 1 aromatic rings. The van der Waals surface area contributed by atoms with Gasteiger partial charge in [-0.15, -0.1) is 0 Å². The van der Waals surface area contributed by atoms with Gasteiger partial charge in [0.15, 0.2) is 0 Å². The van der Waals surface area contributed by atoms with Crippen LogP contribution in [0.15, 0.2) is 6.20 Å². The minimum Gasteiger partial charge on any atom is -0.338 e. The molecule has 0 aliphatic carbocycles. The fraction of sp³-hybridized carbons (Fsp3) is 0.667. The molecule has 2 amide bonds. The van der Waals surface area contributed by atoms with Crippen LogP contribution in [0.25, 0.3) is 0 Å². The second kappa shape index (κ2) is 9.19. The molecule has 0 fully saturated rings. The zero-order valence-corrected chi connectivity index (χ0v) is 13.6. The van der Waals surface area contributed by atoms with Gasteiger partial charge in [-0.3, -0.25) is 14.8 Å². The number of H-pyrrole nitrogens is 1. The second-order valence-corrected chi connectivity index (χ2v) is 5.79. The molecule has 0 bridgehead atoms. The lowest BCUT2D eigenvalue weighted by atomic mass is 10.1. The molecule has 1 rings (SSSR count). The maximum absolute atomic E-state index is 12.5. The summed E-state index contributed by atoms with van der Waals surface area (Å²) in [5.41, 5.74) is 1.94. The number of nitrogens with zero attached hydrogens (tertiary/aromatic N) is 2. The van der Waals surface area contributed by atoms with Crippen LogP contribution in [0.4, 0.5) is 0 Å². The van der Waals surface area contributed by atoms with E-state index in [1.165, 1.54) is 11.1 Å². The average molecular weight is 310 g/mol. The Bertz CT molecular complexity index is 485. The van der Waals surface area contributed by atoms with Gasteiger partial charge >= 0.3 is 0 Å². The molecule has 0 unspecified atom stereocenters. The van der Waals surface area contributed by atoms with E-state index >= 15 is 0 Å². The number of amides is 2. The summed E-state index contributed by atoms with van der Waals surface area (Å²) in [6, 6.07) is 0. The highest BCUT2D eigenvalue weighted by atomic mass is 16.5. The summed E-state index contributed by atoms with van der Waals surface area (Å²) in [5, 5.41) is 8.66. The van der Waals surface area contributed by atoms with Gasteiger partial charge in [-0.25, -0.2) is 10.5 Å². The first-order chi connectivity index (χ1) is 10.5. The number of nitrogens with one attached hydrogen (secondary N) is 2. The number of hydrogen-bond donors (Lipinski definition) is 3. The lowest BCUT2D eigenvalue weighted by molar-refractivity contribution is -0.129. The van der Waals surface area contributed by atoms with Crippen molar-refractivity contribution in [3.8, 4) is 0 Å². The molecule has 0 radical (unpaired) electrons. The summed E-state index contributed by atoms with van der Waals surface area (Å²) in [4.78, 5) is 32.5. The summed E-state index contributed by atoms with van der Waals surface area (Å²) in [7, 11) is 0. The molecular weight excluding hydrogens is 284 g/mol. The van der Waals surface area contributed by atoms with Gasteiger partial charge in [-0.05, 0) is 18.8 Å². The number of hydrogen-bond acceptors (Lipinski definition) is 4. The van der Waals surface area contributed by atoms with Crippen LogP contribution < -0.4 is 5.48 Å². The van der Waals surface area contributed by atoms with Gasteiger partial charge < -0.3 is 9.88 Å². The zero-order valence-electron chi connectivity index (χ0n) is 13.6. The van der Waals surface area contributed by atoms with Gasteiger partial charge in [0.1, 0.15) is 18.1 Å². The van der Waals surface area contributed by atoms with Crippen molar-refractivity contribution in [3.63, 3.8) is 0 Å². The first-order valence-electron chi connectivity index (χ1n) is 7.74. The first-order valence-corrected chi connectivity index (χ1v) is 7.74. The van der Waals surface area contributed by atoms with Gasteiger partial charge in [0.05, 0.1) is 6.20 Å². The number of aromatic nitrogens is 2. The predicted octanol–water partition coefficient (Wildman–Crippen LogP) is 1.75. The Hall–Kier alpha value is -1.89. The third-order valence-corrected chi connectivity index (χ3v) is 3.35. The van der Waals surface area contributed by atoms with Crippen molar-refractivity contribution in [2.75, 3.05) is 13.1 Å². The third kappa shape index (κ3) is 5.85. The van der Waals surface area contributed by atoms with E-state index in [-0.39, 0.29) is 12.5 Å². The van der Waals surface area contributed by atoms with E-state index in [0.29, 0.717) is 18.2 Å². The van der Waals surface area contributed by atoms with Crippen LogP contribution in [-0.2, 0) is 11.2 Å². The van der Waals surface area contributed by atoms with Gasteiger partial charge in [0.2, 0.25) is 0 Å². The molecule has 22 heavy (non-hydrogen) atoms. The monoisotopic (exact) mass is 310 g/mol. The second-order valence-electron chi connectivity index (χ2n) is 5.79. The van der Waals surface area contributed by atoms with Crippen molar-refractivity contribution < 1.29 is 14.8 Å². The van der Waals surface area contributed by atoms with E-state index in [9.17, 15) is 9.59 Å². The van der Waals surface area contributed by atoms with E-state index < -0.39 is 5.91 Å². The highest BCUT2D eigenvalue weighted by Crippen LogP contribution is 2.08. The molecule has 1 heterocycles. The molecular formula is C15H26N4O3. The van der Waals surface area contributed by atoms with Crippen LogP contribution in [0.2, 0.25) is 0 Å². The molecule has 7 nitrogen and oxygen atoms in total. The van der Waals surface area contributed by atoms with E-state index in [0.717, 1.165) is 31.5 Å². The summed E-state index contributed by atoms with van der Waals surface area (Å²) < 4.78 is 0.